The van der Waals surface area contributed by atoms with Crippen molar-refractivity contribution >= 4 is 5.97 Å². The Labute approximate surface area is 69.5 Å². The Morgan fingerprint density at radius 1 is 1.67 bits per heavy atom. The average molecular weight is 167 g/mol. The van der Waals surface area contributed by atoms with E-state index in [0.717, 1.165) is 12.1 Å². The highest BCUT2D eigenvalue weighted by atomic mass is 16.4. The zero-order valence-electron chi connectivity index (χ0n) is 6.69. The number of aryl methyl sites for hydroxylation is 1. The summed E-state index contributed by atoms with van der Waals surface area (Å²) < 4.78 is 0. The van der Waals surface area contributed by atoms with Crippen LogP contribution < -0.4 is 0 Å². The second kappa shape index (κ2) is 3.75. The number of aliphatic carboxylic acids is 1. The normalized spacial score (nSPS) is 9.75. The average Bonchev–Trinajstić information content (AvgIpc) is 2.03. The summed E-state index contributed by atoms with van der Waals surface area (Å²) in [4.78, 5) is 14.2. The first-order valence-corrected chi connectivity index (χ1v) is 3.61. The molecule has 12 heavy (non-hydrogen) atoms. The van der Waals surface area contributed by atoms with Gasteiger partial charge in [0, 0.05) is 0 Å². The highest BCUT2D eigenvalue weighted by Crippen LogP contribution is 1.94. The van der Waals surface area contributed by atoms with Crippen LogP contribution in [0.1, 0.15) is 18.4 Å². The number of hydrogen-bond donors (Lipinski definition) is 1. The minimum absolute atomic E-state index is 0.166. The number of carbonyl (C=O) groups is 1. The minimum Gasteiger partial charge on any atom is -0.481 e. The number of rotatable bonds is 3. The Hall–Kier alpha value is -1.52. The van der Waals surface area contributed by atoms with E-state index in [1.165, 1.54) is 6.20 Å². The summed E-state index contributed by atoms with van der Waals surface area (Å²) in [7, 11) is 0. The van der Waals surface area contributed by atoms with E-state index in [0.29, 0.717) is 0 Å². The smallest absolute Gasteiger partial charge is 0.311 e. The molecule has 0 amide bonds. The van der Waals surface area contributed by atoms with Crippen LogP contribution in [-0.4, -0.2) is 26.3 Å². The van der Waals surface area contributed by atoms with Gasteiger partial charge in [0.1, 0.15) is 6.42 Å². The van der Waals surface area contributed by atoms with Crippen molar-refractivity contribution in [3.63, 3.8) is 0 Å². The van der Waals surface area contributed by atoms with Crippen LogP contribution in [0.25, 0.3) is 0 Å². The monoisotopic (exact) mass is 167 g/mol. The van der Waals surface area contributed by atoms with E-state index in [4.69, 9.17) is 5.11 Å². The van der Waals surface area contributed by atoms with Crippen LogP contribution in [0.15, 0.2) is 6.20 Å². The second-order valence-corrected chi connectivity index (χ2v) is 2.29. The van der Waals surface area contributed by atoms with Crippen LogP contribution in [-0.2, 0) is 17.6 Å². The number of carboxylic acid groups (broad SMARTS) is 1. The van der Waals surface area contributed by atoms with Gasteiger partial charge >= 0.3 is 5.97 Å². The summed E-state index contributed by atoms with van der Waals surface area (Å²) in [5.41, 5.74) is 0.765. The zero-order chi connectivity index (χ0) is 8.97. The molecule has 0 aromatic carbocycles. The van der Waals surface area contributed by atoms with Gasteiger partial charge in [0.25, 0.3) is 0 Å². The SMILES string of the molecule is CCc1cnnc(CC(=O)O)n1. The third-order valence-electron chi connectivity index (χ3n) is 1.32. The van der Waals surface area contributed by atoms with Gasteiger partial charge in [-0.2, -0.15) is 5.10 Å². The Morgan fingerprint density at radius 2 is 2.42 bits per heavy atom. The molecule has 1 heterocycles. The molecule has 0 aliphatic carbocycles. The Morgan fingerprint density at radius 3 is 3.00 bits per heavy atom. The molecular formula is C7H9N3O2. The van der Waals surface area contributed by atoms with Crippen molar-refractivity contribution < 1.29 is 9.90 Å². The summed E-state index contributed by atoms with van der Waals surface area (Å²) in [6, 6.07) is 0. The molecule has 1 N–H and O–H groups in total. The quantitative estimate of drug-likeness (QED) is 0.688. The molecule has 0 saturated heterocycles. The summed E-state index contributed by atoms with van der Waals surface area (Å²) in [6.45, 7) is 1.93. The lowest BCUT2D eigenvalue weighted by atomic mass is 10.3. The predicted molar refractivity (Wildman–Crippen MR) is 40.5 cm³/mol. The Balaban J connectivity index is 2.79. The van der Waals surface area contributed by atoms with E-state index < -0.39 is 5.97 Å². The van der Waals surface area contributed by atoms with E-state index in [-0.39, 0.29) is 12.2 Å². The molecule has 0 unspecified atom stereocenters. The van der Waals surface area contributed by atoms with Gasteiger partial charge in [-0.25, -0.2) is 4.98 Å². The first-order valence-electron chi connectivity index (χ1n) is 3.61. The van der Waals surface area contributed by atoms with Crippen molar-refractivity contribution in [1.82, 2.24) is 15.2 Å². The van der Waals surface area contributed by atoms with Crippen LogP contribution in [0.5, 0.6) is 0 Å². The van der Waals surface area contributed by atoms with E-state index in [9.17, 15) is 4.79 Å². The molecule has 0 saturated carbocycles. The van der Waals surface area contributed by atoms with Crippen molar-refractivity contribution in [1.29, 1.82) is 0 Å². The van der Waals surface area contributed by atoms with E-state index in [1.54, 1.807) is 0 Å². The van der Waals surface area contributed by atoms with Crippen molar-refractivity contribution in [3.05, 3.63) is 17.7 Å². The molecule has 64 valence electrons. The van der Waals surface area contributed by atoms with Crippen LogP contribution in [0.2, 0.25) is 0 Å². The number of nitrogens with zero attached hydrogens (tertiary/aromatic N) is 3. The summed E-state index contributed by atoms with van der Waals surface area (Å²) >= 11 is 0. The van der Waals surface area contributed by atoms with Gasteiger partial charge in [0.15, 0.2) is 5.82 Å². The molecule has 1 rings (SSSR count). The van der Waals surface area contributed by atoms with E-state index in [2.05, 4.69) is 15.2 Å². The summed E-state index contributed by atoms with van der Waals surface area (Å²) in [5.74, 6) is -0.674. The fraction of sp³-hybridized carbons (Fsp3) is 0.429. The highest BCUT2D eigenvalue weighted by molar-refractivity contribution is 5.68. The van der Waals surface area contributed by atoms with Gasteiger partial charge in [-0.1, -0.05) is 6.92 Å². The molecule has 5 heteroatoms. The van der Waals surface area contributed by atoms with Gasteiger partial charge in [0.2, 0.25) is 0 Å². The zero-order valence-corrected chi connectivity index (χ0v) is 6.69. The molecule has 0 aliphatic heterocycles. The van der Waals surface area contributed by atoms with E-state index >= 15 is 0 Å². The molecule has 0 atom stereocenters. The van der Waals surface area contributed by atoms with E-state index in [1.807, 2.05) is 6.92 Å². The van der Waals surface area contributed by atoms with Gasteiger partial charge in [0.05, 0.1) is 11.9 Å². The second-order valence-electron chi connectivity index (χ2n) is 2.29. The van der Waals surface area contributed by atoms with Crippen molar-refractivity contribution in [2.24, 2.45) is 0 Å². The van der Waals surface area contributed by atoms with Crippen molar-refractivity contribution in [2.75, 3.05) is 0 Å². The first-order chi connectivity index (χ1) is 5.72. The van der Waals surface area contributed by atoms with Gasteiger partial charge in [-0.3, -0.25) is 4.79 Å². The van der Waals surface area contributed by atoms with Gasteiger partial charge in [-0.05, 0) is 6.42 Å². The lowest BCUT2D eigenvalue weighted by molar-refractivity contribution is -0.136. The summed E-state index contributed by atoms with van der Waals surface area (Å²) in [5, 5.41) is 15.6. The van der Waals surface area contributed by atoms with Gasteiger partial charge < -0.3 is 5.11 Å². The Bertz CT molecular complexity index is 288. The number of aromatic nitrogens is 3. The third-order valence-corrected chi connectivity index (χ3v) is 1.32. The number of carboxylic acids is 1. The predicted octanol–water partition coefficient (Wildman–Crippen LogP) is 0.0611. The maximum absolute atomic E-state index is 10.3. The Kier molecular flexibility index (Phi) is 2.68. The highest BCUT2D eigenvalue weighted by Gasteiger charge is 2.04. The molecule has 5 nitrogen and oxygen atoms in total. The van der Waals surface area contributed by atoms with Gasteiger partial charge in [-0.15, -0.1) is 5.10 Å². The maximum atomic E-state index is 10.3. The largest absolute Gasteiger partial charge is 0.481 e. The molecule has 0 spiro atoms. The fourth-order valence-corrected chi connectivity index (χ4v) is 0.760. The lowest BCUT2D eigenvalue weighted by Gasteiger charge is -1.96. The first kappa shape index (κ1) is 8.58. The van der Waals surface area contributed by atoms with Crippen LogP contribution in [0.4, 0.5) is 0 Å². The lowest BCUT2D eigenvalue weighted by Crippen LogP contribution is -2.07. The fourth-order valence-electron chi connectivity index (χ4n) is 0.760. The molecule has 0 fully saturated rings. The molecule has 1 aromatic rings. The minimum atomic E-state index is -0.940. The molecule has 0 aliphatic rings. The van der Waals surface area contributed by atoms with Crippen LogP contribution in [0.3, 0.4) is 0 Å². The topological polar surface area (TPSA) is 76.0 Å². The molecule has 0 bridgehead atoms. The van der Waals surface area contributed by atoms with Crippen LogP contribution in [0, 0.1) is 0 Å². The third kappa shape index (κ3) is 2.26. The standard InChI is InChI=1S/C7H9N3O2/c1-2-5-4-8-10-6(9-5)3-7(11)12/h4H,2-3H2,1H3,(H,11,12). The summed E-state index contributed by atoms with van der Waals surface area (Å²) in [6.07, 6.45) is 2.11. The van der Waals surface area contributed by atoms with Crippen molar-refractivity contribution in [2.45, 2.75) is 19.8 Å². The van der Waals surface area contributed by atoms with Crippen LogP contribution >= 0.6 is 0 Å². The molecule has 0 radical (unpaired) electrons. The molecular weight excluding hydrogens is 158 g/mol. The number of hydrogen-bond acceptors (Lipinski definition) is 4. The maximum Gasteiger partial charge on any atom is 0.311 e. The molecule has 1 aromatic heterocycles. The van der Waals surface area contributed by atoms with Crippen molar-refractivity contribution in [3.8, 4) is 0 Å².